The van der Waals surface area contributed by atoms with Crippen LogP contribution in [0.5, 0.6) is 0 Å². The summed E-state index contributed by atoms with van der Waals surface area (Å²) in [5, 5.41) is 3.49. The summed E-state index contributed by atoms with van der Waals surface area (Å²) >= 11 is 3.65. The van der Waals surface area contributed by atoms with Gasteiger partial charge in [-0.1, -0.05) is 15.9 Å². The van der Waals surface area contributed by atoms with Gasteiger partial charge in [0.25, 0.3) is 0 Å². The van der Waals surface area contributed by atoms with E-state index in [1.807, 2.05) is 0 Å². The number of nitrogens with zero attached hydrogens (tertiary/aromatic N) is 1. The van der Waals surface area contributed by atoms with Crippen LogP contribution < -0.4 is 10.2 Å². The molecule has 0 saturated carbocycles. The van der Waals surface area contributed by atoms with Crippen LogP contribution in [0.25, 0.3) is 0 Å². The third-order valence-corrected chi connectivity index (χ3v) is 5.17. The fourth-order valence-corrected chi connectivity index (χ4v) is 4.50. The smallest absolute Gasteiger partial charge is 0.0385 e. The highest BCUT2D eigenvalue weighted by molar-refractivity contribution is 9.10. The van der Waals surface area contributed by atoms with Gasteiger partial charge in [0.05, 0.1) is 0 Å². The molecule has 2 unspecified atom stereocenters. The molecule has 0 aromatic heterocycles. The molecule has 3 rings (SSSR count). The Kier molecular flexibility index (Phi) is 3.86. The first-order valence-electron chi connectivity index (χ1n) is 7.40. The molecule has 0 spiro atoms. The zero-order valence-electron chi connectivity index (χ0n) is 11.8. The van der Waals surface area contributed by atoms with Gasteiger partial charge >= 0.3 is 0 Å². The number of halogens is 1. The summed E-state index contributed by atoms with van der Waals surface area (Å²) in [6.45, 7) is 2.18. The van der Waals surface area contributed by atoms with Gasteiger partial charge in [-0.3, -0.25) is 0 Å². The van der Waals surface area contributed by atoms with Crippen molar-refractivity contribution >= 4 is 21.6 Å². The third kappa shape index (κ3) is 2.68. The molecule has 2 saturated heterocycles. The molecule has 19 heavy (non-hydrogen) atoms. The molecule has 2 aliphatic heterocycles. The van der Waals surface area contributed by atoms with Crippen molar-refractivity contribution in [1.29, 1.82) is 0 Å². The van der Waals surface area contributed by atoms with E-state index in [9.17, 15) is 0 Å². The molecule has 0 aliphatic carbocycles. The van der Waals surface area contributed by atoms with Crippen LogP contribution >= 0.6 is 15.9 Å². The maximum absolute atomic E-state index is 3.65. The van der Waals surface area contributed by atoms with Gasteiger partial charge in [-0.15, -0.1) is 0 Å². The predicted molar refractivity (Wildman–Crippen MR) is 84.9 cm³/mol. The number of hydrogen-bond donors (Lipinski definition) is 1. The number of fused-ring (bicyclic) bond motifs is 2. The van der Waals surface area contributed by atoms with E-state index in [-0.39, 0.29) is 0 Å². The summed E-state index contributed by atoms with van der Waals surface area (Å²) < 4.78 is 1.20. The molecule has 0 amide bonds. The maximum atomic E-state index is 3.65. The van der Waals surface area contributed by atoms with E-state index in [1.165, 1.54) is 47.8 Å². The first-order valence-corrected chi connectivity index (χ1v) is 8.19. The Morgan fingerprint density at radius 1 is 1.16 bits per heavy atom. The summed E-state index contributed by atoms with van der Waals surface area (Å²) in [4.78, 5) is 2.70. The molecular formula is C16H23BrN2. The lowest BCUT2D eigenvalue weighted by molar-refractivity contribution is 0.252. The van der Waals surface area contributed by atoms with Crippen molar-refractivity contribution in [2.75, 3.05) is 11.9 Å². The minimum atomic E-state index is 0.708. The second-order valence-corrected chi connectivity index (χ2v) is 7.01. The van der Waals surface area contributed by atoms with Crippen LogP contribution in [0.15, 0.2) is 22.7 Å². The number of nitrogens with one attached hydrogen (secondary N) is 1. The third-order valence-electron chi connectivity index (χ3n) is 4.71. The minimum absolute atomic E-state index is 0.708. The van der Waals surface area contributed by atoms with Crippen molar-refractivity contribution in [1.82, 2.24) is 5.32 Å². The lowest BCUT2D eigenvalue weighted by atomic mass is 9.81. The molecule has 2 heterocycles. The number of anilines is 1. The van der Waals surface area contributed by atoms with Gasteiger partial charge < -0.3 is 10.2 Å². The van der Waals surface area contributed by atoms with Crippen molar-refractivity contribution < 1.29 is 0 Å². The fraction of sp³-hybridized carbons (Fsp3) is 0.625. The zero-order chi connectivity index (χ0) is 13.4. The number of benzene rings is 1. The summed E-state index contributed by atoms with van der Waals surface area (Å²) in [6.07, 6.45) is 6.67. The quantitative estimate of drug-likeness (QED) is 0.889. The lowest BCUT2D eigenvalue weighted by Gasteiger charge is -2.50. The first kappa shape index (κ1) is 13.4. The highest BCUT2D eigenvalue weighted by atomic mass is 79.9. The number of rotatable bonds is 2. The summed E-state index contributed by atoms with van der Waals surface area (Å²) in [6, 6.07) is 8.98. The van der Waals surface area contributed by atoms with Gasteiger partial charge in [0, 0.05) is 28.3 Å². The van der Waals surface area contributed by atoms with Crippen molar-refractivity contribution in [3.63, 3.8) is 0 Å². The van der Waals surface area contributed by atoms with E-state index >= 15 is 0 Å². The van der Waals surface area contributed by atoms with Crippen LogP contribution in [-0.2, 0) is 0 Å². The SMILES string of the molecule is CNC1CC2CCCC(C1)N2c1cc(C)cc(Br)c1. The Morgan fingerprint density at radius 2 is 1.84 bits per heavy atom. The molecule has 2 bridgehead atoms. The Labute approximate surface area is 124 Å². The van der Waals surface area contributed by atoms with Crippen LogP contribution in [-0.4, -0.2) is 25.2 Å². The molecule has 2 atom stereocenters. The first-order chi connectivity index (χ1) is 9.17. The maximum Gasteiger partial charge on any atom is 0.0385 e. The molecule has 1 N–H and O–H groups in total. The van der Waals surface area contributed by atoms with Gasteiger partial charge in [0.2, 0.25) is 0 Å². The van der Waals surface area contributed by atoms with Gasteiger partial charge in [0.15, 0.2) is 0 Å². The summed E-state index contributed by atoms with van der Waals surface area (Å²) in [7, 11) is 2.11. The number of piperidine rings is 2. The van der Waals surface area contributed by atoms with E-state index in [2.05, 4.69) is 58.3 Å². The minimum Gasteiger partial charge on any atom is -0.365 e. The molecule has 2 nitrogen and oxygen atoms in total. The topological polar surface area (TPSA) is 15.3 Å². The van der Waals surface area contributed by atoms with Gasteiger partial charge in [-0.25, -0.2) is 0 Å². The monoisotopic (exact) mass is 322 g/mol. The molecule has 1 aromatic carbocycles. The Morgan fingerprint density at radius 3 is 2.42 bits per heavy atom. The predicted octanol–water partition coefficient (Wildman–Crippen LogP) is 3.87. The van der Waals surface area contributed by atoms with Gasteiger partial charge in [-0.05, 0) is 69.8 Å². The second kappa shape index (κ2) is 5.45. The summed E-state index contributed by atoms with van der Waals surface area (Å²) in [5.41, 5.74) is 2.76. The summed E-state index contributed by atoms with van der Waals surface area (Å²) in [5.74, 6) is 0. The molecule has 3 heteroatoms. The van der Waals surface area contributed by atoms with E-state index in [4.69, 9.17) is 0 Å². The lowest BCUT2D eigenvalue weighted by Crippen LogP contribution is -2.56. The Balaban J connectivity index is 1.91. The number of aryl methyl sites for hydroxylation is 1. The second-order valence-electron chi connectivity index (χ2n) is 6.09. The molecule has 104 valence electrons. The van der Waals surface area contributed by atoms with E-state index in [0.717, 1.165) is 12.1 Å². The van der Waals surface area contributed by atoms with E-state index < -0.39 is 0 Å². The van der Waals surface area contributed by atoms with Crippen LogP contribution in [0, 0.1) is 6.92 Å². The fourth-order valence-electron chi connectivity index (χ4n) is 3.90. The van der Waals surface area contributed by atoms with E-state index in [0.29, 0.717) is 6.04 Å². The van der Waals surface area contributed by atoms with Crippen LogP contribution in [0.3, 0.4) is 0 Å². The van der Waals surface area contributed by atoms with Crippen LogP contribution in [0.1, 0.15) is 37.7 Å². The standard InChI is InChI=1S/C16H23BrN2/c1-11-6-12(17)8-16(7-11)19-14-4-3-5-15(19)10-13(9-14)18-2/h6-8,13-15,18H,3-5,9-10H2,1-2H3. The number of hydrogen-bond acceptors (Lipinski definition) is 2. The molecule has 2 aliphatic rings. The molecule has 2 fully saturated rings. The highest BCUT2D eigenvalue weighted by Gasteiger charge is 2.37. The van der Waals surface area contributed by atoms with Crippen molar-refractivity contribution in [2.45, 2.75) is 57.2 Å². The Hall–Kier alpha value is -0.540. The Bertz CT molecular complexity index is 426. The van der Waals surface area contributed by atoms with E-state index in [1.54, 1.807) is 0 Å². The normalized spacial score (nSPS) is 30.5. The molecule has 0 radical (unpaired) electrons. The van der Waals surface area contributed by atoms with Crippen molar-refractivity contribution in [3.05, 3.63) is 28.2 Å². The largest absolute Gasteiger partial charge is 0.365 e. The average molecular weight is 323 g/mol. The molecule has 1 aromatic rings. The van der Waals surface area contributed by atoms with Crippen molar-refractivity contribution in [2.24, 2.45) is 0 Å². The van der Waals surface area contributed by atoms with Crippen molar-refractivity contribution in [3.8, 4) is 0 Å². The van der Waals surface area contributed by atoms with Gasteiger partial charge in [-0.2, -0.15) is 0 Å². The highest BCUT2D eigenvalue weighted by Crippen LogP contribution is 2.38. The average Bonchev–Trinajstić information content (AvgIpc) is 2.35. The zero-order valence-corrected chi connectivity index (χ0v) is 13.4. The van der Waals surface area contributed by atoms with Crippen LogP contribution in [0.2, 0.25) is 0 Å². The van der Waals surface area contributed by atoms with Gasteiger partial charge in [0.1, 0.15) is 0 Å². The van der Waals surface area contributed by atoms with Crippen LogP contribution in [0.4, 0.5) is 5.69 Å². The molecular weight excluding hydrogens is 300 g/mol.